The molecule has 3 aromatic rings. The molecule has 0 bridgehead atoms. The number of hydrogen-bond donors (Lipinski definition) is 1. The fourth-order valence-electron chi connectivity index (χ4n) is 4.38. The van der Waals surface area contributed by atoms with E-state index < -0.39 is 11.7 Å². The third-order valence-electron chi connectivity index (χ3n) is 6.48. The lowest BCUT2D eigenvalue weighted by Gasteiger charge is -2.38. The van der Waals surface area contributed by atoms with E-state index in [0.717, 1.165) is 28.7 Å². The number of piperazine rings is 1. The maximum Gasteiger partial charge on any atom is 0.418 e. The van der Waals surface area contributed by atoms with Crippen molar-refractivity contribution in [1.29, 1.82) is 0 Å². The highest BCUT2D eigenvalue weighted by molar-refractivity contribution is 5.55. The smallest absolute Gasteiger partial charge is 0.418 e. The minimum Gasteiger partial charge on any atom is -1.00 e. The topological polar surface area (TPSA) is 26.1 Å². The van der Waals surface area contributed by atoms with Gasteiger partial charge in [-0.2, -0.15) is 13.2 Å². The van der Waals surface area contributed by atoms with Gasteiger partial charge in [-0.1, -0.05) is 47.5 Å². The van der Waals surface area contributed by atoms with Crippen molar-refractivity contribution >= 4 is 5.69 Å². The van der Waals surface area contributed by atoms with Crippen LogP contribution in [0.1, 0.15) is 16.7 Å². The standard InChI is InChI=1S/C28H31F3N2O2.ClH/c1-21-7-11-24(12-8-21)34-19-23(20-35-25-13-9-22(2)10-14-25)32-15-17-33(18-16-32)27-6-4-3-5-26(27)28(29,30)31;/h3-14,23H,15-20H2,1-2H3;1H. The van der Waals surface area contributed by atoms with Crippen molar-refractivity contribution in [2.45, 2.75) is 26.1 Å². The second-order valence-corrected chi connectivity index (χ2v) is 9.11. The van der Waals surface area contributed by atoms with E-state index in [-0.39, 0.29) is 24.1 Å². The van der Waals surface area contributed by atoms with Gasteiger partial charge in [0.05, 0.1) is 31.7 Å². The number of nitrogens with one attached hydrogen (secondary N) is 1. The summed E-state index contributed by atoms with van der Waals surface area (Å²) in [4.78, 5) is 3.11. The number of alkyl halides is 3. The first kappa shape index (κ1) is 27.7. The number of para-hydroxylation sites is 1. The summed E-state index contributed by atoms with van der Waals surface area (Å²) in [5.74, 6) is 1.60. The number of rotatable bonds is 8. The molecule has 1 fully saturated rings. The summed E-state index contributed by atoms with van der Waals surface area (Å²) in [6.45, 7) is 7.46. The van der Waals surface area contributed by atoms with E-state index in [4.69, 9.17) is 9.47 Å². The van der Waals surface area contributed by atoms with Crippen LogP contribution in [0.3, 0.4) is 0 Å². The van der Waals surface area contributed by atoms with Crippen molar-refractivity contribution in [3.8, 4) is 11.5 Å². The van der Waals surface area contributed by atoms with E-state index in [1.807, 2.05) is 67.3 Å². The molecule has 4 nitrogen and oxygen atoms in total. The van der Waals surface area contributed by atoms with Crippen LogP contribution in [0.4, 0.5) is 18.9 Å². The Kier molecular flexibility index (Phi) is 9.51. The zero-order chi connectivity index (χ0) is 24.8. The molecule has 1 heterocycles. The maximum absolute atomic E-state index is 13.5. The zero-order valence-corrected chi connectivity index (χ0v) is 21.3. The molecule has 1 N–H and O–H groups in total. The molecule has 36 heavy (non-hydrogen) atoms. The summed E-state index contributed by atoms with van der Waals surface area (Å²) in [6, 6.07) is 21.7. The van der Waals surface area contributed by atoms with Crippen molar-refractivity contribution in [1.82, 2.24) is 0 Å². The average molecular weight is 521 g/mol. The molecule has 1 aliphatic heterocycles. The number of hydrogen-bond acceptors (Lipinski definition) is 3. The van der Waals surface area contributed by atoms with Gasteiger partial charge in [0.2, 0.25) is 0 Å². The number of benzene rings is 3. The van der Waals surface area contributed by atoms with Gasteiger partial charge in [0.15, 0.2) is 6.04 Å². The minimum atomic E-state index is -4.37. The largest absolute Gasteiger partial charge is 1.00 e. The van der Waals surface area contributed by atoms with Crippen molar-refractivity contribution in [2.24, 2.45) is 0 Å². The summed E-state index contributed by atoms with van der Waals surface area (Å²) >= 11 is 0. The fraction of sp³-hybridized carbons (Fsp3) is 0.357. The molecule has 0 spiro atoms. The van der Waals surface area contributed by atoms with Crippen molar-refractivity contribution < 1.29 is 40.0 Å². The van der Waals surface area contributed by atoms with Crippen LogP contribution >= 0.6 is 0 Å². The van der Waals surface area contributed by atoms with Gasteiger partial charge in [0.1, 0.15) is 24.7 Å². The average Bonchev–Trinajstić information content (AvgIpc) is 2.86. The highest BCUT2D eigenvalue weighted by atomic mass is 35.5. The third kappa shape index (κ3) is 7.31. The Morgan fingerprint density at radius 3 is 1.72 bits per heavy atom. The molecule has 3 aromatic carbocycles. The van der Waals surface area contributed by atoms with E-state index in [2.05, 4.69) is 0 Å². The van der Waals surface area contributed by atoms with Gasteiger partial charge < -0.3 is 31.7 Å². The van der Waals surface area contributed by atoms with Crippen LogP contribution < -0.4 is 31.7 Å². The number of anilines is 1. The summed E-state index contributed by atoms with van der Waals surface area (Å²) in [5, 5.41) is 0. The molecule has 0 atom stereocenters. The summed E-state index contributed by atoms with van der Waals surface area (Å²) in [6.07, 6.45) is -4.37. The van der Waals surface area contributed by atoms with Gasteiger partial charge in [-0.3, -0.25) is 0 Å². The Hall–Kier alpha value is -2.90. The molecule has 1 aliphatic rings. The normalized spacial score (nSPS) is 14.4. The van der Waals surface area contributed by atoms with Crippen LogP contribution in [0.25, 0.3) is 0 Å². The molecule has 4 rings (SSSR count). The van der Waals surface area contributed by atoms with Crippen LogP contribution in [0, 0.1) is 13.8 Å². The lowest BCUT2D eigenvalue weighted by atomic mass is 10.1. The number of halogens is 4. The fourth-order valence-corrected chi connectivity index (χ4v) is 4.38. The van der Waals surface area contributed by atoms with E-state index in [9.17, 15) is 13.2 Å². The molecular formula is C28H32ClF3N2O2. The van der Waals surface area contributed by atoms with Crippen LogP contribution in [0.5, 0.6) is 11.5 Å². The summed E-state index contributed by atoms with van der Waals surface area (Å²) < 4.78 is 52.7. The molecule has 1 saturated heterocycles. The SMILES string of the molecule is Cc1ccc(OCC(COc2ccc(C)cc2)[NH+]2CCN(c3ccccc3C(F)(F)F)CC2)cc1.[Cl-]. The first-order chi connectivity index (χ1) is 16.8. The van der Waals surface area contributed by atoms with Crippen LogP contribution in [0.15, 0.2) is 72.8 Å². The predicted octanol–water partition coefficient (Wildman–Crippen LogP) is 1.56. The molecule has 0 aromatic heterocycles. The highest BCUT2D eigenvalue weighted by Gasteiger charge is 2.36. The third-order valence-corrected chi connectivity index (χ3v) is 6.48. The van der Waals surface area contributed by atoms with Crippen LogP contribution in [-0.2, 0) is 6.18 Å². The summed E-state index contributed by atoms with van der Waals surface area (Å²) in [5.41, 5.74) is 2.00. The molecule has 194 valence electrons. The van der Waals surface area contributed by atoms with Gasteiger partial charge in [0, 0.05) is 5.69 Å². The van der Waals surface area contributed by atoms with E-state index in [0.29, 0.717) is 39.4 Å². The van der Waals surface area contributed by atoms with Gasteiger partial charge >= 0.3 is 6.18 Å². The van der Waals surface area contributed by atoms with Crippen LogP contribution in [0.2, 0.25) is 0 Å². The maximum atomic E-state index is 13.5. The van der Waals surface area contributed by atoms with Gasteiger partial charge in [-0.25, -0.2) is 0 Å². The van der Waals surface area contributed by atoms with E-state index in [1.165, 1.54) is 11.0 Å². The number of ether oxygens (including phenoxy) is 2. The first-order valence-corrected chi connectivity index (χ1v) is 11.9. The molecule has 0 unspecified atom stereocenters. The van der Waals surface area contributed by atoms with Gasteiger partial charge in [-0.15, -0.1) is 0 Å². The Morgan fingerprint density at radius 2 is 1.25 bits per heavy atom. The zero-order valence-electron chi connectivity index (χ0n) is 20.5. The Balaban J connectivity index is 0.00000361. The lowest BCUT2D eigenvalue weighted by molar-refractivity contribution is -0.926. The van der Waals surface area contributed by atoms with E-state index >= 15 is 0 Å². The predicted molar refractivity (Wildman–Crippen MR) is 131 cm³/mol. The van der Waals surface area contributed by atoms with Crippen molar-refractivity contribution in [2.75, 3.05) is 44.3 Å². The second kappa shape index (κ2) is 12.4. The lowest BCUT2D eigenvalue weighted by Crippen LogP contribution is -3.19. The number of nitrogens with zero attached hydrogens (tertiary/aromatic N) is 1. The van der Waals surface area contributed by atoms with E-state index in [1.54, 1.807) is 12.1 Å². The summed E-state index contributed by atoms with van der Waals surface area (Å²) in [7, 11) is 0. The highest BCUT2D eigenvalue weighted by Crippen LogP contribution is 2.36. The van der Waals surface area contributed by atoms with Crippen LogP contribution in [-0.4, -0.2) is 45.4 Å². The van der Waals surface area contributed by atoms with Crippen molar-refractivity contribution in [3.05, 3.63) is 89.5 Å². The molecule has 0 saturated carbocycles. The molecule has 0 radical (unpaired) electrons. The second-order valence-electron chi connectivity index (χ2n) is 9.11. The number of quaternary nitrogens is 1. The van der Waals surface area contributed by atoms with Gasteiger partial charge in [-0.05, 0) is 50.2 Å². The number of aryl methyl sites for hydroxylation is 2. The quantitative estimate of drug-likeness (QED) is 0.488. The van der Waals surface area contributed by atoms with Crippen molar-refractivity contribution in [3.63, 3.8) is 0 Å². The van der Waals surface area contributed by atoms with Gasteiger partial charge in [0.25, 0.3) is 0 Å². The molecular weight excluding hydrogens is 489 g/mol. The Bertz CT molecular complexity index is 1030. The Labute approximate surface area is 217 Å². The molecule has 0 aliphatic carbocycles. The Morgan fingerprint density at radius 1 is 0.778 bits per heavy atom. The monoisotopic (exact) mass is 520 g/mol. The first-order valence-electron chi connectivity index (χ1n) is 11.9. The molecule has 8 heteroatoms. The minimum absolute atomic E-state index is 0. The molecule has 0 amide bonds.